The number of rotatable bonds is 8. The third kappa shape index (κ3) is 4.43. The molecule has 0 atom stereocenters. The first-order valence-electron chi connectivity index (χ1n) is 10.4. The van der Waals surface area contributed by atoms with Gasteiger partial charge in [-0.3, -0.25) is 9.59 Å². The Morgan fingerprint density at radius 1 is 1.11 bits per heavy atom. The van der Waals surface area contributed by atoms with Gasteiger partial charge in [-0.05, 0) is 37.7 Å². The quantitative estimate of drug-likeness (QED) is 0.761. The molecule has 1 aromatic carbocycles. The number of benzene rings is 1. The number of fused-ring (bicyclic) bond motifs is 1. The summed E-state index contributed by atoms with van der Waals surface area (Å²) in [7, 11) is 0. The van der Waals surface area contributed by atoms with Gasteiger partial charge in [0.25, 0.3) is 11.8 Å². The summed E-state index contributed by atoms with van der Waals surface area (Å²) >= 11 is 0. The van der Waals surface area contributed by atoms with Crippen LogP contribution in [0.2, 0.25) is 0 Å². The second kappa shape index (κ2) is 9.53. The minimum atomic E-state index is -0.203. The number of carbonyl (C=O) groups excluding carboxylic acids is 2. The average molecular weight is 383 g/mol. The maximum atomic E-state index is 13.1. The highest BCUT2D eigenvalue weighted by Gasteiger charge is 2.29. The molecule has 0 unspecified atom stereocenters. The van der Waals surface area contributed by atoms with Gasteiger partial charge in [-0.15, -0.1) is 0 Å². The van der Waals surface area contributed by atoms with Crippen LogP contribution in [0.15, 0.2) is 30.3 Å². The maximum Gasteiger partial charge on any atom is 0.289 e. The molecule has 2 aromatic rings. The van der Waals surface area contributed by atoms with Gasteiger partial charge in [0.2, 0.25) is 0 Å². The molecule has 1 aromatic heterocycles. The van der Waals surface area contributed by atoms with Gasteiger partial charge in [-0.25, -0.2) is 4.98 Å². The van der Waals surface area contributed by atoms with Gasteiger partial charge in [0.05, 0.1) is 5.69 Å². The molecular formula is C22H30N4O2. The molecule has 3 rings (SSSR count). The summed E-state index contributed by atoms with van der Waals surface area (Å²) in [5.74, 6) is 0.154. The Bertz CT molecular complexity index is 807. The molecule has 2 heterocycles. The lowest BCUT2D eigenvalue weighted by molar-refractivity contribution is 0.0737. The van der Waals surface area contributed by atoms with E-state index in [0.717, 1.165) is 49.9 Å². The van der Waals surface area contributed by atoms with Crippen LogP contribution in [0.3, 0.4) is 0 Å². The second-order valence-electron chi connectivity index (χ2n) is 7.30. The SMILES string of the molecule is CCCN(CCC)C(=O)c1nc(C(=O)NCc2ccccc2)c2n1CCCC2. The highest BCUT2D eigenvalue weighted by Crippen LogP contribution is 2.22. The van der Waals surface area contributed by atoms with Crippen LogP contribution in [0.4, 0.5) is 0 Å². The third-order valence-corrected chi connectivity index (χ3v) is 5.09. The van der Waals surface area contributed by atoms with Crippen molar-refractivity contribution in [1.82, 2.24) is 19.8 Å². The predicted molar refractivity (Wildman–Crippen MR) is 109 cm³/mol. The van der Waals surface area contributed by atoms with E-state index in [0.29, 0.717) is 31.2 Å². The third-order valence-electron chi connectivity index (χ3n) is 5.09. The van der Waals surface area contributed by atoms with Crippen molar-refractivity contribution in [2.24, 2.45) is 0 Å². The van der Waals surface area contributed by atoms with Gasteiger partial charge in [0.15, 0.2) is 5.82 Å². The van der Waals surface area contributed by atoms with Crippen LogP contribution in [-0.4, -0.2) is 39.4 Å². The number of hydrogen-bond acceptors (Lipinski definition) is 3. The molecule has 0 saturated carbocycles. The first-order chi connectivity index (χ1) is 13.7. The van der Waals surface area contributed by atoms with Gasteiger partial charge in [0.1, 0.15) is 5.69 Å². The zero-order chi connectivity index (χ0) is 19.9. The van der Waals surface area contributed by atoms with Crippen molar-refractivity contribution < 1.29 is 9.59 Å². The standard InChI is InChI=1S/C22H30N4O2/c1-3-13-25(14-4-2)22(28)20-24-19(18-12-8-9-15-26(18)20)21(27)23-16-17-10-6-5-7-11-17/h5-7,10-11H,3-4,8-9,12-16H2,1-2H3,(H,23,27). The van der Waals surface area contributed by atoms with Crippen molar-refractivity contribution in [3.8, 4) is 0 Å². The van der Waals surface area contributed by atoms with Crippen LogP contribution < -0.4 is 5.32 Å². The van der Waals surface area contributed by atoms with E-state index < -0.39 is 0 Å². The number of nitrogens with one attached hydrogen (secondary N) is 1. The Morgan fingerprint density at radius 2 is 1.82 bits per heavy atom. The molecule has 0 bridgehead atoms. The number of imidazole rings is 1. The minimum absolute atomic E-state index is 0.0611. The molecule has 6 nitrogen and oxygen atoms in total. The van der Waals surface area contributed by atoms with Crippen LogP contribution in [0.5, 0.6) is 0 Å². The fourth-order valence-electron chi connectivity index (χ4n) is 3.75. The Labute approximate surface area is 166 Å². The zero-order valence-corrected chi connectivity index (χ0v) is 16.9. The van der Waals surface area contributed by atoms with Crippen molar-refractivity contribution in [1.29, 1.82) is 0 Å². The van der Waals surface area contributed by atoms with Crippen molar-refractivity contribution in [3.63, 3.8) is 0 Å². The van der Waals surface area contributed by atoms with E-state index in [1.807, 2.05) is 39.8 Å². The summed E-state index contributed by atoms with van der Waals surface area (Å²) < 4.78 is 1.97. The van der Waals surface area contributed by atoms with Crippen molar-refractivity contribution >= 4 is 11.8 Å². The van der Waals surface area contributed by atoms with E-state index in [4.69, 9.17) is 0 Å². The van der Waals surface area contributed by atoms with Crippen molar-refractivity contribution in [3.05, 3.63) is 53.1 Å². The van der Waals surface area contributed by atoms with E-state index >= 15 is 0 Å². The second-order valence-corrected chi connectivity index (χ2v) is 7.30. The molecule has 1 N–H and O–H groups in total. The molecule has 2 amide bonds. The van der Waals surface area contributed by atoms with E-state index in [2.05, 4.69) is 24.1 Å². The smallest absolute Gasteiger partial charge is 0.289 e. The molecule has 0 spiro atoms. The van der Waals surface area contributed by atoms with Crippen LogP contribution >= 0.6 is 0 Å². The van der Waals surface area contributed by atoms with Gasteiger partial charge in [0, 0.05) is 26.2 Å². The molecule has 1 aliphatic rings. The van der Waals surface area contributed by atoms with Crippen LogP contribution in [0.25, 0.3) is 0 Å². The van der Waals surface area contributed by atoms with Crippen LogP contribution in [-0.2, 0) is 19.5 Å². The fraction of sp³-hybridized carbons (Fsp3) is 0.500. The summed E-state index contributed by atoms with van der Waals surface area (Å²) in [4.78, 5) is 32.4. The van der Waals surface area contributed by atoms with Gasteiger partial charge < -0.3 is 14.8 Å². The van der Waals surface area contributed by atoms with Crippen LogP contribution in [0.1, 0.15) is 71.9 Å². The van der Waals surface area contributed by atoms with Crippen LogP contribution in [0, 0.1) is 0 Å². The lowest BCUT2D eigenvalue weighted by atomic mass is 10.1. The van der Waals surface area contributed by atoms with E-state index in [1.165, 1.54) is 0 Å². The molecule has 150 valence electrons. The number of carbonyl (C=O) groups is 2. The highest BCUT2D eigenvalue weighted by atomic mass is 16.2. The summed E-state index contributed by atoms with van der Waals surface area (Å²) in [5, 5.41) is 2.96. The molecule has 6 heteroatoms. The number of amides is 2. The lowest BCUT2D eigenvalue weighted by Gasteiger charge is -2.23. The maximum absolute atomic E-state index is 13.1. The van der Waals surface area contributed by atoms with Crippen molar-refractivity contribution in [2.45, 2.75) is 59.0 Å². The molecule has 28 heavy (non-hydrogen) atoms. The Hall–Kier alpha value is -2.63. The number of aromatic nitrogens is 2. The van der Waals surface area contributed by atoms with Crippen molar-refractivity contribution in [2.75, 3.05) is 13.1 Å². The monoisotopic (exact) mass is 382 g/mol. The summed E-state index contributed by atoms with van der Waals surface area (Å²) in [5.41, 5.74) is 2.34. The zero-order valence-electron chi connectivity index (χ0n) is 16.9. The first kappa shape index (κ1) is 20.1. The van der Waals surface area contributed by atoms with Gasteiger partial charge >= 0.3 is 0 Å². The molecule has 0 fully saturated rings. The summed E-state index contributed by atoms with van der Waals surface area (Å²) in [6.07, 6.45) is 4.63. The molecular weight excluding hydrogens is 352 g/mol. The molecule has 0 saturated heterocycles. The first-order valence-corrected chi connectivity index (χ1v) is 10.4. The normalized spacial score (nSPS) is 13.1. The van der Waals surface area contributed by atoms with Gasteiger partial charge in [-0.2, -0.15) is 0 Å². The van der Waals surface area contributed by atoms with E-state index in [1.54, 1.807) is 0 Å². The molecule has 1 aliphatic heterocycles. The number of hydrogen-bond donors (Lipinski definition) is 1. The average Bonchev–Trinajstić information content (AvgIpc) is 3.12. The largest absolute Gasteiger partial charge is 0.347 e. The Morgan fingerprint density at radius 3 is 2.50 bits per heavy atom. The highest BCUT2D eigenvalue weighted by molar-refractivity contribution is 5.97. The Kier molecular flexibility index (Phi) is 6.85. The Balaban J connectivity index is 1.84. The summed E-state index contributed by atoms with van der Waals surface area (Å²) in [6.45, 7) is 6.77. The fourth-order valence-corrected chi connectivity index (χ4v) is 3.75. The molecule has 0 radical (unpaired) electrons. The predicted octanol–water partition coefficient (Wildman–Crippen LogP) is 3.41. The topological polar surface area (TPSA) is 67.2 Å². The minimum Gasteiger partial charge on any atom is -0.347 e. The van der Waals surface area contributed by atoms with Gasteiger partial charge in [-0.1, -0.05) is 44.2 Å². The van der Waals surface area contributed by atoms with E-state index in [9.17, 15) is 9.59 Å². The van der Waals surface area contributed by atoms with E-state index in [-0.39, 0.29) is 11.8 Å². The molecule has 0 aliphatic carbocycles. The summed E-state index contributed by atoms with van der Waals surface area (Å²) in [6, 6.07) is 9.81. The lowest BCUT2D eigenvalue weighted by Crippen LogP contribution is -2.35. The number of nitrogens with zero attached hydrogens (tertiary/aromatic N) is 3.